The minimum Gasteiger partial charge on any atom is -0.295 e. The van der Waals surface area contributed by atoms with Crippen LogP contribution in [0.25, 0.3) is 10.8 Å². The Morgan fingerprint density at radius 2 is 1.75 bits per heavy atom. The molecule has 1 aliphatic rings. The maximum Gasteiger partial charge on any atom is 0.238 e. The van der Waals surface area contributed by atoms with Crippen LogP contribution in [0, 0.1) is 0 Å². The van der Waals surface area contributed by atoms with Gasteiger partial charge in [-0.3, -0.25) is 9.69 Å². The van der Waals surface area contributed by atoms with Gasteiger partial charge in [0.1, 0.15) is 5.37 Å². The van der Waals surface area contributed by atoms with E-state index >= 15 is 0 Å². The van der Waals surface area contributed by atoms with Gasteiger partial charge in [-0.05, 0) is 34.5 Å². The van der Waals surface area contributed by atoms with Crippen molar-refractivity contribution in [3.63, 3.8) is 0 Å². The number of hydrogen-bond donors (Lipinski definition) is 0. The highest BCUT2D eigenvalue weighted by Crippen LogP contribution is 2.44. The average molecular weight is 374 g/mol. The zero-order valence-electron chi connectivity index (χ0n) is 12.6. The lowest BCUT2D eigenvalue weighted by molar-refractivity contribution is -0.115. The Labute approximate surface area is 154 Å². The molecule has 0 N–H and O–H groups in total. The van der Waals surface area contributed by atoms with Crippen LogP contribution in [0.3, 0.4) is 0 Å². The third-order valence-corrected chi connectivity index (χ3v) is 6.07. The van der Waals surface area contributed by atoms with Crippen molar-refractivity contribution in [2.24, 2.45) is 0 Å². The molecular weight excluding hydrogens is 361 g/mol. The molecule has 1 saturated heterocycles. The van der Waals surface area contributed by atoms with Crippen LogP contribution in [-0.4, -0.2) is 11.7 Å². The number of carbonyl (C=O) groups excluding carboxylic acids is 1. The highest BCUT2D eigenvalue weighted by atomic mass is 35.5. The Bertz CT molecular complexity index is 938. The molecule has 0 aromatic heterocycles. The van der Waals surface area contributed by atoms with Gasteiger partial charge >= 0.3 is 0 Å². The Kier molecular flexibility index (Phi) is 4.17. The van der Waals surface area contributed by atoms with Gasteiger partial charge in [0.15, 0.2) is 0 Å². The van der Waals surface area contributed by atoms with Crippen LogP contribution in [0.15, 0.2) is 60.7 Å². The van der Waals surface area contributed by atoms with Crippen molar-refractivity contribution in [2.45, 2.75) is 5.37 Å². The van der Waals surface area contributed by atoms with Crippen LogP contribution < -0.4 is 4.90 Å². The predicted octanol–water partition coefficient (Wildman–Crippen LogP) is 5.93. The molecule has 0 saturated carbocycles. The third kappa shape index (κ3) is 2.67. The van der Waals surface area contributed by atoms with E-state index < -0.39 is 0 Å². The average Bonchev–Trinajstić information content (AvgIpc) is 2.98. The molecule has 3 aromatic carbocycles. The number of anilines is 1. The molecule has 1 heterocycles. The second kappa shape index (κ2) is 6.32. The first-order chi connectivity index (χ1) is 11.6. The van der Waals surface area contributed by atoms with Gasteiger partial charge in [-0.25, -0.2) is 0 Å². The van der Waals surface area contributed by atoms with E-state index in [4.69, 9.17) is 23.2 Å². The largest absolute Gasteiger partial charge is 0.295 e. The molecule has 1 atom stereocenters. The minimum atomic E-state index is -0.0687. The maximum absolute atomic E-state index is 12.5. The SMILES string of the molecule is O=C1CSC(c2cccc3ccccc23)N1c1ccc(Cl)c(Cl)c1. The van der Waals surface area contributed by atoms with Gasteiger partial charge in [-0.15, -0.1) is 11.8 Å². The summed E-state index contributed by atoms with van der Waals surface area (Å²) in [6.45, 7) is 0. The van der Waals surface area contributed by atoms with Crippen LogP contribution in [-0.2, 0) is 4.79 Å². The van der Waals surface area contributed by atoms with Crippen molar-refractivity contribution in [2.75, 3.05) is 10.7 Å². The molecule has 0 spiro atoms. The summed E-state index contributed by atoms with van der Waals surface area (Å²) in [4.78, 5) is 14.3. The lowest BCUT2D eigenvalue weighted by Crippen LogP contribution is -2.27. The van der Waals surface area contributed by atoms with Crippen LogP contribution in [0.4, 0.5) is 5.69 Å². The number of benzene rings is 3. The number of fused-ring (bicyclic) bond motifs is 1. The van der Waals surface area contributed by atoms with E-state index in [1.807, 2.05) is 29.2 Å². The van der Waals surface area contributed by atoms with E-state index in [-0.39, 0.29) is 11.3 Å². The standard InChI is InChI=1S/C19H13Cl2NOS/c20-16-9-8-13(10-17(16)21)22-18(23)11-24-19(22)15-7-3-5-12-4-1-2-6-14(12)15/h1-10,19H,11H2. The molecular formula is C19H13Cl2NOS. The van der Waals surface area contributed by atoms with Gasteiger partial charge in [-0.1, -0.05) is 65.7 Å². The Morgan fingerprint density at radius 3 is 2.58 bits per heavy atom. The zero-order valence-corrected chi connectivity index (χ0v) is 14.9. The monoisotopic (exact) mass is 373 g/mol. The molecule has 24 heavy (non-hydrogen) atoms. The second-order valence-electron chi connectivity index (χ2n) is 5.59. The molecule has 0 aliphatic carbocycles. The number of carbonyl (C=O) groups is 1. The Balaban J connectivity index is 1.84. The number of thioether (sulfide) groups is 1. The van der Waals surface area contributed by atoms with Crippen molar-refractivity contribution in [1.29, 1.82) is 0 Å². The van der Waals surface area contributed by atoms with Gasteiger partial charge in [0.05, 0.1) is 15.8 Å². The van der Waals surface area contributed by atoms with E-state index in [2.05, 4.69) is 24.3 Å². The van der Waals surface area contributed by atoms with E-state index in [0.717, 1.165) is 16.6 Å². The fraction of sp³-hybridized carbons (Fsp3) is 0.105. The zero-order chi connectivity index (χ0) is 16.7. The number of amides is 1. The van der Waals surface area contributed by atoms with Gasteiger partial charge in [-0.2, -0.15) is 0 Å². The van der Waals surface area contributed by atoms with Gasteiger partial charge in [0.25, 0.3) is 0 Å². The lowest BCUT2D eigenvalue weighted by Gasteiger charge is -2.25. The summed E-state index contributed by atoms with van der Waals surface area (Å²) in [6, 6.07) is 19.8. The first-order valence-corrected chi connectivity index (χ1v) is 9.32. The number of nitrogens with zero attached hydrogens (tertiary/aromatic N) is 1. The van der Waals surface area contributed by atoms with E-state index in [1.54, 1.807) is 23.9 Å². The smallest absolute Gasteiger partial charge is 0.238 e. The Morgan fingerprint density at radius 1 is 0.958 bits per heavy atom. The summed E-state index contributed by atoms with van der Waals surface area (Å²) in [7, 11) is 0. The summed E-state index contributed by atoms with van der Waals surface area (Å²) in [6.07, 6.45) is 0. The molecule has 5 heteroatoms. The fourth-order valence-electron chi connectivity index (χ4n) is 3.03. The van der Waals surface area contributed by atoms with E-state index in [0.29, 0.717) is 15.8 Å². The highest BCUT2D eigenvalue weighted by Gasteiger charge is 2.35. The quantitative estimate of drug-likeness (QED) is 0.555. The van der Waals surface area contributed by atoms with Gasteiger partial charge in [0, 0.05) is 5.69 Å². The molecule has 0 bridgehead atoms. The molecule has 1 amide bonds. The third-order valence-electron chi connectivity index (χ3n) is 4.14. The van der Waals surface area contributed by atoms with Crippen molar-refractivity contribution in [3.05, 3.63) is 76.3 Å². The molecule has 1 fully saturated rings. The predicted molar refractivity (Wildman–Crippen MR) is 103 cm³/mol. The Hall–Kier alpha value is -1.68. The summed E-state index contributed by atoms with van der Waals surface area (Å²) in [5.74, 6) is 0.532. The van der Waals surface area contributed by atoms with Crippen molar-refractivity contribution >= 4 is 57.3 Å². The van der Waals surface area contributed by atoms with Crippen LogP contribution >= 0.6 is 35.0 Å². The molecule has 1 unspecified atom stereocenters. The summed E-state index contributed by atoms with van der Waals surface area (Å²) >= 11 is 13.8. The van der Waals surface area contributed by atoms with E-state index in [1.165, 1.54) is 5.39 Å². The molecule has 0 radical (unpaired) electrons. The van der Waals surface area contributed by atoms with Crippen molar-refractivity contribution in [1.82, 2.24) is 0 Å². The molecule has 120 valence electrons. The van der Waals surface area contributed by atoms with Crippen molar-refractivity contribution in [3.8, 4) is 0 Å². The van der Waals surface area contributed by atoms with E-state index in [9.17, 15) is 4.79 Å². The lowest BCUT2D eigenvalue weighted by atomic mass is 10.0. The normalized spacial score (nSPS) is 17.7. The molecule has 4 rings (SSSR count). The first kappa shape index (κ1) is 15.8. The number of hydrogen-bond acceptors (Lipinski definition) is 2. The minimum absolute atomic E-state index is 0.0687. The van der Waals surface area contributed by atoms with Crippen LogP contribution in [0.1, 0.15) is 10.9 Å². The summed E-state index contributed by atoms with van der Waals surface area (Å²) < 4.78 is 0. The first-order valence-electron chi connectivity index (χ1n) is 7.51. The van der Waals surface area contributed by atoms with Gasteiger partial charge in [0.2, 0.25) is 5.91 Å². The second-order valence-corrected chi connectivity index (χ2v) is 7.48. The van der Waals surface area contributed by atoms with Crippen LogP contribution in [0.5, 0.6) is 0 Å². The fourth-order valence-corrected chi connectivity index (χ4v) is 4.54. The molecule has 2 nitrogen and oxygen atoms in total. The molecule has 1 aliphatic heterocycles. The number of halogens is 2. The summed E-state index contributed by atoms with van der Waals surface area (Å²) in [5, 5.41) is 3.21. The molecule has 3 aromatic rings. The maximum atomic E-state index is 12.5. The van der Waals surface area contributed by atoms with Crippen molar-refractivity contribution < 1.29 is 4.79 Å². The topological polar surface area (TPSA) is 20.3 Å². The summed E-state index contributed by atoms with van der Waals surface area (Å²) in [5.41, 5.74) is 1.91. The number of rotatable bonds is 2. The highest BCUT2D eigenvalue weighted by molar-refractivity contribution is 8.00. The van der Waals surface area contributed by atoms with Crippen LogP contribution in [0.2, 0.25) is 10.0 Å². The van der Waals surface area contributed by atoms with Gasteiger partial charge < -0.3 is 0 Å².